The van der Waals surface area contributed by atoms with E-state index in [4.69, 9.17) is 4.74 Å². The fourth-order valence-corrected chi connectivity index (χ4v) is 3.14. The number of likely N-dealkylation sites (tertiary alicyclic amines) is 1. The molecule has 2 aliphatic heterocycles. The van der Waals surface area contributed by atoms with Crippen LogP contribution in [0.5, 0.6) is 0 Å². The van der Waals surface area contributed by atoms with E-state index in [1.165, 1.54) is 31.5 Å². The average molecular weight is 317 g/mol. The van der Waals surface area contributed by atoms with Crippen molar-refractivity contribution in [2.75, 3.05) is 38.2 Å². The van der Waals surface area contributed by atoms with E-state index in [1.807, 2.05) is 12.1 Å². The van der Waals surface area contributed by atoms with Gasteiger partial charge in [0.25, 0.3) is 0 Å². The molecule has 0 aromatic heterocycles. The number of rotatable bonds is 4. The Morgan fingerprint density at radius 1 is 1.30 bits per heavy atom. The number of nitrogens with zero attached hydrogens (tertiary/aromatic N) is 1. The molecule has 1 aromatic carbocycles. The molecule has 1 atom stereocenters. The van der Waals surface area contributed by atoms with Gasteiger partial charge >= 0.3 is 0 Å². The van der Waals surface area contributed by atoms with E-state index in [1.54, 1.807) is 0 Å². The number of morpholine rings is 1. The largest absolute Gasteiger partial charge is 0.378 e. The minimum absolute atomic E-state index is 0.0255. The van der Waals surface area contributed by atoms with Gasteiger partial charge in [0, 0.05) is 18.8 Å². The van der Waals surface area contributed by atoms with Crippen LogP contribution in [0.3, 0.4) is 0 Å². The van der Waals surface area contributed by atoms with Gasteiger partial charge in [0.05, 0.1) is 13.2 Å². The smallest absolute Gasteiger partial charge is 0.243 e. The highest BCUT2D eigenvalue weighted by atomic mass is 16.5. The first-order valence-corrected chi connectivity index (χ1v) is 8.64. The second-order valence-electron chi connectivity index (χ2n) is 6.73. The number of piperidine rings is 1. The van der Waals surface area contributed by atoms with Gasteiger partial charge in [-0.2, -0.15) is 0 Å². The lowest BCUT2D eigenvalue weighted by Crippen LogP contribution is -2.48. The van der Waals surface area contributed by atoms with Gasteiger partial charge in [0.15, 0.2) is 0 Å². The summed E-state index contributed by atoms with van der Waals surface area (Å²) in [5, 5.41) is 6.12. The number of hydrogen-bond acceptors (Lipinski definition) is 4. The molecular weight excluding hydrogens is 290 g/mol. The normalized spacial score (nSPS) is 23.6. The van der Waals surface area contributed by atoms with E-state index in [-0.39, 0.29) is 11.9 Å². The number of benzene rings is 1. The lowest BCUT2D eigenvalue weighted by Gasteiger charge is -2.30. The quantitative estimate of drug-likeness (QED) is 0.890. The van der Waals surface area contributed by atoms with Crippen molar-refractivity contribution in [2.24, 2.45) is 5.92 Å². The standard InChI is InChI=1S/C18H27N3O2/c1-14-6-9-21(10-7-14)12-15-2-4-16(5-3-15)20-18(22)17-13-23-11-8-19-17/h2-5,14,17,19H,6-13H2,1H3,(H,20,22). The van der Waals surface area contributed by atoms with E-state index < -0.39 is 0 Å². The maximum absolute atomic E-state index is 12.1. The Bertz CT molecular complexity index is 504. The third-order valence-corrected chi connectivity index (χ3v) is 4.74. The molecule has 23 heavy (non-hydrogen) atoms. The van der Waals surface area contributed by atoms with Gasteiger partial charge in [0.1, 0.15) is 6.04 Å². The lowest BCUT2D eigenvalue weighted by molar-refractivity contribution is -0.120. The topological polar surface area (TPSA) is 53.6 Å². The van der Waals surface area contributed by atoms with Crippen LogP contribution in [0.4, 0.5) is 5.69 Å². The molecule has 0 aliphatic carbocycles. The molecule has 1 unspecified atom stereocenters. The van der Waals surface area contributed by atoms with Gasteiger partial charge in [-0.1, -0.05) is 19.1 Å². The summed E-state index contributed by atoms with van der Waals surface area (Å²) in [7, 11) is 0. The van der Waals surface area contributed by atoms with E-state index in [9.17, 15) is 4.79 Å². The van der Waals surface area contributed by atoms with Gasteiger partial charge < -0.3 is 15.4 Å². The molecule has 5 heteroatoms. The van der Waals surface area contributed by atoms with Crippen molar-refractivity contribution in [2.45, 2.75) is 32.4 Å². The third kappa shape index (κ3) is 4.77. The van der Waals surface area contributed by atoms with E-state index in [0.717, 1.165) is 24.7 Å². The number of amides is 1. The maximum Gasteiger partial charge on any atom is 0.243 e. The molecule has 126 valence electrons. The highest BCUT2D eigenvalue weighted by Crippen LogP contribution is 2.19. The number of hydrogen-bond donors (Lipinski definition) is 2. The number of carbonyl (C=O) groups excluding carboxylic acids is 1. The second-order valence-corrected chi connectivity index (χ2v) is 6.73. The Labute approximate surface area is 138 Å². The Balaban J connectivity index is 1.49. The molecule has 3 rings (SSSR count). The fraction of sp³-hybridized carbons (Fsp3) is 0.611. The fourth-order valence-electron chi connectivity index (χ4n) is 3.14. The molecule has 0 spiro atoms. The summed E-state index contributed by atoms with van der Waals surface area (Å²) in [6, 6.07) is 7.95. The molecule has 1 aromatic rings. The summed E-state index contributed by atoms with van der Waals surface area (Å²) in [6.07, 6.45) is 2.59. The molecule has 2 heterocycles. The van der Waals surface area contributed by atoms with Crippen LogP contribution in [-0.2, 0) is 16.1 Å². The van der Waals surface area contributed by atoms with Gasteiger partial charge in [0.2, 0.25) is 5.91 Å². The molecule has 0 bridgehead atoms. The molecule has 0 saturated carbocycles. The molecular formula is C18H27N3O2. The molecule has 2 saturated heterocycles. The monoisotopic (exact) mass is 317 g/mol. The van der Waals surface area contributed by atoms with Crippen molar-refractivity contribution in [3.05, 3.63) is 29.8 Å². The molecule has 5 nitrogen and oxygen atoms in total. The molecule has 2 aliphatic rings. The van der Waals surface area contributed by atoms with Crippen LogP contribution >= 0.6 is 0 Å². The Morgan fingerprint density at radius 3 is 2.70 bits per heavy atom. The zero-order chi connectivity index (χ0) is 16.1. The summed E-state index contributed by atoms with van der Waals surface area (Å²) in [5.41, 5.74) is 2.15. The van der Waals surface area contributed by atoms with Crippen molar-refractivity contribution < 1.29 is 9.53 Å². The van der Waals surface area contributed by atoms with Crippen LogP contribution in [0.15, 0.2) is 24.3 Å². The highest BCUT2D eigenvalue weighted by Gasteiger charge is 2.21. The van der Waals surface area contributed by atoms with E-state index >= 15 is 0 Å². The minimum Gasteiger partial charge on any atom is -0.378 e. The van der Waals surface area contributed by atoms with Crippen LogP contribution in [0.2, 0.25) is 0 Å². The van der Waals surface area contributed by atoms with Crippen LogP contribution < -0.4 is 10.6 Å². The highest BCUT2D eigenvalue weighted by molar-refractivity contribution is 5.95. The van der Waals surface area contributed by atoms with Crippen molar-refractivity contribution >= 4 is 11.6 Å². The average Bonchev–Trinajstić information content (AvgIpc) is 2.59. The molecule has 0 radical (unpaired) electrons. The number of anilines is 1. The summed E-state index contributed by atoms with van der Waals surface area (Å²) >= 11 is 0. The van der Waals surface area contributed by atoms with Gasteiger partial charge in [-0.25, -0.2) is 0 Å². The summed E-state index contributed by atoms with van der Waals surface area (Å²) in [6.45, 7) is 7.55. The SMILES string of the molecule is CC1CCN(Cc2ccc(NC(=O)C3COCCN3)cc2)CC1. The Kier molecular flexibility index (Phi) is 5.65. The first-order chi connectivity index (χ1) is 11.2. The van der Waals surface area contributed by atoms with Crippen molar-refractivity contribution in [3.8, 4) is 0 Å². The number of carbonyl (C=O) groups is 1. The predicted molar refractivity (Wildman–Crippen MR) is 91.4 cm³/mol. The second kappa shape index (κ2) is 7.90. The Morgan fingerprint density at radius 2 is 2.04 bits per heavy atom. The van der Waals surface area contributed by atoms with E-state index in [0.29, 0.717) is 13.2 Å². The van der Waals surface area contributed by atoms with Gasteiger partial charge in [-0.15, -0.1) is 0 Å². The lowest BCUT2D eigenvalue weighted by atomic mass is 9.99. The maximum atomic E-state index is 12.1. The van der Waals surface area contributed by atoms with Crippen molar-refractivity contribution in [1.82, 2.24) is 10.2 Å². The van der Waals surface area contributed by atoms with Crippen LogP contribution in [0, 0.1) is 5.92 Å². The first-order valence-electron chi connectivity index (χ1n) is 8.64. The van der Waals surface area contributed by atoms with Crippen molar-refractivity contribution in [3.63, 3.8) is 0 Å². The zero-order valence-electron chi connectivity index (χ0n) is 13.9. The zero-order valence-corrected chi connectivity index (χ0v) is 13.9. The first kappa shape index (κ1) is 16.4. The number of nitrogens with one attached hydrogen (secondary N) is 2. The summed E-state index contributed by atoms with van der Waals surface area (Å²) in [4.78, 5) is 14.6. The summed E-state index contributed by atoms with van der Waals surface area (Å²) in [5.74, 6) is 0.837. The predicted octanol–water partition coefficient (Wildman–Crippen LogP) is 1.85. The van der Waals surface area contributed by atoms with Crippen molar-refractivity contribution in [1.29, 1.82) is 0 Å². The molecule has 2 fully saturated rings. The summed E-state index contributed by atoms with van der Waals surface area (Å²) < 4.78 is 5.32. The number of ether oxygens (including phenoxy) is 1. The van der Waals surface area contributed by atoms with Gasteiger partial charge in [-0.3, -0.25) is 9.69 Å². The van der Waals surface area contributed by atoms with E-state index in [2.05, 4.69) is 34.6 Å². The van der Waals surface area contributed by atoms with Crippen LogP contribution in [0.25, 0.3) is 0 Å². The minimum atomic E-state index is -0.251. The van der Waals surface area contributed by atoms with Gasteiger partial charge in [-0.05, 0) is 49.5 Å². The van der Waals surface area contributed by atoms with Crippen LogP contribution in [-0.4, -0.2) is 49.7 Å². The molecule has 2 N–H and O–H groups in total. The Hall–Kier alpha value is -1.43. The van der Waals surface area contributed by atoms with Crippen LogP contribution in [0.1, 0.15) is 25.3 Å². The third-order valence-electron chi connectivity index (χ3n) is 4.74. The molecule has 1 amide bonds.